The highest BCUT2D eigenvalue weighted by molar-refractivity contribution is 5.07. The zero-order valence-electron chi connectivity index (χ0n) is 9.58. The molecule has 1 unspecified atom stereocenters. The topological polar surface area (TPSA) is 44.0 Å². The number of hydrogen-bond acceptors (Lipinski definition) is 2. The fraction of sp³-hybridized carbons (Fsp3) is 0.769. The molecule has 0 aromatic rings. The van der Waals surface area contributed by atoms with Crippen LogP contribution in [0.5, 0.6) is 0 Å². The Balaban J connectivity index is 2.20. The molecular formula is C13H21NO. The third-order valence-corrected chi connectivity index (χ3v) is 3.29. The zero-order chi connectivity index (χ0) is 11.1. The lowest BCUT2D eigenvalue weighted by Crippen LogP contribution is -2.13. The molecule has 0 spiro atoms. The van der Waals surface area contributed by atoms with E-state index >= 15 is 0 Å². The van der Waals surface area contributed by atoms with E-state index in [0.717, 1.165) is 19.3 Å². The van der Waals surface area contributed by atoms with Gasteiger partial charge in [0.2, 0.25) is 0 Å². The number of aliphatic hydroxyl groups excluding tert-OH is 1. The summed E-state index contributed by atoms with van der Waals surface area (Å²) in [4.78, 5) is 0. The molecule has 0 bridgehead atoms. The molecule has 0 amide bonds. The van der Waals surface area contributed by atoms with Gasteiger partial charge in [-0.3, -0.25) is 0 Å². The molecule has 84 valence electrons. The minimum atomic E-state index is 0.0250. The molecule has 0 fully saturated rings. The van der Waals surface area contributed by atoms with Gasteiger partial charge in [-0.1, -0.05) is 18.6 Å². The molecule has 2 heteroatoms. The van der Waals surface area contributed by atoms with Crippen molar-refractivity contribution in [2.75, 3.05) is 6.61 Å². The average molecular weight is 207 g/mol. The summed E-state index contributed by atoms with van der Waals surface area (Å²) >= 11 is 0. The van der Waals surface area contributed by atoms with E-state index in [9.17, 15) is 0 Å². The second-order valence-corrected chi connectivity index (χ2v) is 4.54. The van der Waals surface area contributed by atoms with Crippen LogP contribution in [0.4, 0.5) is 0 Å². The smallest absolute Gasteiger partial charge is 0.0659 e. The summed E-state index contributed by atoms with van der Waals surface area (Å²) in [5.41, 5.74) is 1.57. The van der Waals surface area contributed by atoms with Gasteiger partial charge in [0.15, 0.2) is 0 Å². The van der Waals surface area contributed by atoms with Crippen LogP contribution in [0, 0.1) is 23.2 Å². The van der Waals surface area contributed by atoms with E-state index in [4.69, 9.17) is 10.4 Å². The fourth-order valence-corrected chi connectivity index (χ4v) is 2.12. The van der Waals surface area contributed by atoms with Crippen molar-refractivity contribution in [1.29, 1.82) is 5.26 Å². The average Bonchev–Trinajstić information content (AvgIpc) is 2.76. The van der Waals surface area contributed by atoms with Crippen molar-refractivity contribution in [2.24, 2.45) is 11.8 Å². The van der Waals surface area contributed by atoms with E-state index < -0.39 is 0 Å². The number of nitriles is 1. The molecule has 2 nitrogen and oxygen atoms in total. The first-order valence-electron chi connectivity index (χ1n) is 5.96. The summed E-state index contributed by atoms with van der Waals surface area (Å²) < 4.78 is 0. The molecule has 2 atom stereocenters. The first-order valence-corrected chi connectivity index (χ1v) is 5.96. The Bertz CT molecular complexity index is 252. The molecule has 0 aromatic heterocycles. The van der Waals surface area contributed by atoms with Gasteiger partial charge in [0, 0.05) is 6.61 Å². The Kier molecular flexibility index (Phi) is 5.42. The van der Waals surface area contributed by atoms with Crippen LogP contribution in [0.2, 0.25) is 0 Å². The van der Waals surface area contributed by atoms with Crippen molar-refractivity contribution in [1.82, 2.24) is 0 Å². The van der Waals surface area contributed by atoms with Gasteiger partial charge in [-0.2, -0.15) is 5.26 Å². The Labute approximate surface area is 92.6 Å². The number of allylic oxidation sites excluding steroid dienone is 2. The lowest BCUT2D eigenvalue weighted by Gasteiger charge is -2.14. The first kappa shape index (κ1) is 12.3. The van der Waals surface area contributed by atoms with Crippen LogP contribution < -0.4 is 0 Å². The van der Waals surface area contributed by atoms with Crippen LogP contribution in [0.25, 0.3) is 0 Å². The zero-order valence-corrected chi connectivity index (χ0v) is 9.58. The second-order valence-electron chi connectivity index (χ2n) is 4.54. The summed E-state index contributed by atoms with van der Waals surface area (Å²) in [6.45, 7) is 2.07. The van der Waals surface area contributed by atoms with Gasteiger partial charge < -0.3 is 5.11 Å². The lowest BCUT2D eigenvalue weighted by atomic mass is 9.90. The highest BCUT2D eigenvalue weighted by Gasteiger charge is 2.15. The summed E-state index contributed by atoms with van der Waals surface area (Å²) in [6.07, 6.45) is 9.32. The van der Waals surface area contributed by atoms with Crippen molar-refractivity contribution >= 4 is 0 Å². The van der Waals surface area contributed by atoms with Gasteiger partial charge in [0.1, 0.15) is 0 Å². The molecule has 1 aliphatic carbocycles. The summed E-state index contributed by atoms with van der Waals surface area (Å²) in [7, 11) is 0. The second kappa shape index (κ2) is 6.63. The maximum Gasteiger partial charge on any atom is 0.0659 e. The van der Waals surface area contributed by atoms with Gasteiger partial charge in [-0.25, -0.2) is 0 Å². The van der Waals surface area contributed by atoms with Crippen molar-refractivity contribution < 1.29 is 5.11 Å². The Hall–Kier alpha value is -0.810. The lowest BCUT2D eigenvalue weighted by molar-refractivity contribution is 0.203. The monoisotopic (exact) mass is 207 g/mol. The minimum absolute atomic E-state index is 0.0250. The molecule has 0 saturated carbocycles. The SMILES string of the molecule is C[C@H](CO)C(C#N)CCCC1=CCCC1. The van der Waals surface area contributed by atoms with E-state index in [1.54, 1.807) is 5.57 Å². The first-order chi connectivity index (χ1) is 7.27. The molecule has 0 aliphatic heterocycles. The summed E-state index contributed by atoms with van der Waals surface area (Å²) in [6, 6.07) is 2.30. The van der Waals surface area contributed by atoms with Gasteiger partial charge in [0.25, 0.3) is 0 Å². The Morgan fingerprint density at radius 3 is 2.93 bits per heavy atom. The van der Waals surface area contributed by atoms with Crippen molar-refractivity contribution in [3.05, 3.63) is 11.6 Å². The molecule has 15 heavy (non-hydrogen) atoms. The largest absolute Gasteiger partial charge is 0.396 e. The van der Waals surface area contributed by atoms with Gasteiger partial charge in [0.05, 0.1) is 12.0 Å². The predicted octanol–water partition coefficient (Wildman–Crippen LogP) is 3.04. The Morgan fingerprint density at radius 2 is 2.40 bits per heavy atom. The number of aliphatic hydroxyl groups is 1. The maximum atomic E-state index is 8.98. The van der Waals surface area contributed by atoms with E-state index in [-0.39, 0.29) is 18.4 Å². The van der Waals surface area contributed by atoms with Crippen molar-refractivity contribution in [3.63, 3.8) is 0 Å². The van der Waals surface area contributed by atoms with Crippen LogP contribution >= 0.6 is 0 Å². The van der Waals surface area contributed by atoms with Crippen LogP contribution in [0.15, 0.2) is 11.6 Å². The van der Waals surface area contributed by atoms with Crippen LogP contribution in [-0.2, 0) is 0 Å². The van der Waals surface area contributed by atoms with Crippen molar-refractivity contribution in [2.45, 2.75) is 45.4 Å². The summed E-state index contributed by atoms with van der Waals surface area (Å²) in [5, 5.41) is 17.9. The van der Waals surface area contributed by atoms with Gasteiger partial charge >= 0.3 is 0 Å². The van der Waals surface area contributed by atoms with Gasteiger partial charge in [-0.05, 0) is 44.4 Å². The van der Waals surface area contributed by atoms with Crippen LogP contribution in [0.3, 0.4) is 0 Å². The van der Waals surface area contributed by atoms with E-state index in [1.165, 1.54) is 19.3 Å². The fourth-order valence-electron chi connectivity index (χ4n) is 2.12. The van der Waals surface area contributed by atoms with Crippen LogP contribution in [-0.4, -0.2) is 11.7 Å². The van der Waals surface area contributed by atoms with Crippen LogP contribution in [0.1, 0.15) is 45.4 Å². The highest BCUT2D eigenvalue weighted by Crippen LogP contribution is 2.25. The van der Waals surface area contributed by atoms with E-state index in [2.05, 4.69) is 12.1 Å². The third-order valence-electron chi connectivity index (χ3n) is 3.29. The van der Waals surface area contributed by atoms with E-state index in [1.807, 2.05) is 6.92 Å². The molecule has 0 radical (unpaired) electrons. The molecular weight excluding hydrogens is 186 g/mol. The molecule has 1 rings (SSSR count). The molecule has 0 aromatic carbocycles. The normalized spacial score (nSPS) is 19.4. The number of rotatable bonds is 6. The maximum absolute atomic E-state index is 8.98. The molecule has 0 heterocycles. The third kappa shape index (κ3) is 4.05. The quantitative estimate of drug-likeness (QED) is 0.680. The molecule has 0 saturated heterocycles. The number of hydrogen-bond donors (Lipinski definition) is 1. The van der Waals surface area contributed by atoms with E-state index in [0.29, 0.717) is 0 Å². The molecule has 1 aliphatic rings. The standard InChI is InChI=1S/C13H21NO/c1-11(10-15)13(9-14)8-4-7-12-5-2-3-6-12/h5,11,13,15H,2-4,6-8,10H2,1H3/t11-,13?/m1/s1. The molecule has 1 N–H and O–H groups in total. The summed E-state index contributed by atoms with van der Waals surface area (Å²) in [5.74, 6) is 0.143. The minimum Gasteiger partial charge on any atom is -0.396 e. The Morgan fingerprint density at radius 1 is 1.60 bits per heavy atom. The van der Waals surface area contributed by atoms with Crippen molar-refractivity contribution in [3.8, 4) is 6.07 Å². The number of nitrogens with zero attached hydrogens (tertiary/aromatic N) is 1. The predicted molar refractivity (Wildman–Crippen MR) is 61.1 cm³/mol. The van der Waals surface area contributed by atoms with Gasteiger partial charge in [-0.15, -0.1) is 0 Å². The highest BCUT2D eigenvalue weighted by atomic mass is 16.3.